The minimum Gasteiger partial charge on any atom is -0.242 e. The van der Waals surface area contributed by atoms with Gasteiger partial charge >= 0.3 is 15.2 Å². The van der Waals surface area contributed by atoms with Crippen LogP contribution in [0.2, 0.25) is 0 Å². The fraction of sp³-hybridized carbons (Fsp3) is 0. The van der Waals surface area contributed by atoms with Gasteiger partial charge < -0.3 is 0 Å². The first kappa shape index (κ1) is 8.49. The van der Waals surface area contributed by atoms with E-state index in [1.54, 1.807) is 0 Å². The maximum atomic E-state index is 11.3. The molecular formula is C2H3N9O2S. The average Bonchev–Trinajstić information content (AvgIpc) is 2.71. The van der Waals surface area contributed by atoms with Gasteiger partial charge in [0.2, 0.25) is 0 Å². The number of sulfonamides is 1. The quantitative estimate of drug-likeness (QED) is 0.510. The van der Waals surface area contributed by atoms with Crippen LogP contribution in [0.3, 0.4) is 0 Å². The van der Waals surface area contributed by atoms with E-state index in [1.807, 2.05) is 9.94 Å². The number of aromatic amines is 2. The lowest BCUT2D eigenvalue weighted by Gasteiger charge is -1.96. The molecular weight excluding hydrogens is 214 g/mol. The Bertz CT molecular complexity index is 483. The van der Waals surface area contributed by atoms with E-state index in [2.05, 4.69) is 36.0 Å². The standard InChI is InChI=1S/C2H3N9O2S/c12-14(13,2-5-10-11-6-2)7-1-3-8-9-4-1/h(H,5,6,10,11)(H2,3,4,7,8,9). The van der Waals surface area contributed by atoms with E-state index in [1.165, 1.54) is 0 Å². The molecule has 2 heterocycles. The summed E-state index contributed by atoms with van der Waals surface area (Å²) in [4.78, 5) is 0. The van der Waals surface area contributed by atoms with Crippen LogP contribution in [0.5, 0.6) is 0 Å². The maximum absolute atomic E-state index is 11.3. The van der Waals surface area contributed by atoms with Crippen molar-refractivity contribution in [2.45, 2.75) is 5.16 Å². The van der Waals surface area contributed by atoms with Crippen LogP contribution in [0.4, 0.5) is 5.95 Å². The second-order valence-electron chi connectivity index (χ2n) is 2.04. The van der Waals surface area contributed by atoms with E-state index in [0.29, 0.717) is 0 Å². The number of anilines is 1. The predicted octanol–water partition coefficient (Wildman–Crippen LogP) is -2.49. The summed E-state index contributed by atoms with van der Waals surface area (Å²) in [5.74, 6) is -0.199. The van der Waals surface area contributed by atoms with E-state index in [-0.39, 0.29) is 5.95 Å². The molecule has 11 nitrogen and oxygen atoms in total. The molecule has 2 rings (SSSR count). The molecule has 2 aromatic rings. The van der Waals surface area contributed by atoms with Crippen molar-refractivity contribution in [1.29, 1.82) is 0 Å². The summed E-state index contributed by atoms with van der Waals surface area (Å²) in [5, 5.41) is 23.2. The van der Waals surface area contributed by atoms with Crippen LogP contribution < -0.4 is 4.72 Å². The minimum atomic E-state index is -3.89. The Morgan fingerprint density at radius 3 is 2.36 bits per heavy atom. The second kappa shape index (κ2) is 2.99. The summed E-state index contributed by atoms with van der Waals surface area (Å²) in [7, 11) is -3.89. The maximum Gasteiger partial charge on any atom is 0.308 e. The van der Waals surface area contributed by atoms with E-state index in [0.717, 1.165) is 0 Å². The Kier molecular flexibility index (Phi) is 1.81. The van der Waals surface area contributed by atoms with Gasteiger partial charge in [-0.05, 0) is 10.4 Å². The second-order valence-corrected chi connectivity index (χ2v) is 3.61. The first-order chi connectivity index (χ1) is 6.68. The summed E-state index contributed by atoms with van der Waals surface area (Å²) in [6.45, 7) is 0. The molecule has 0 saturated carbocycles. The van der Waals surface area contributed by atoms with Crippen molar-refractivity contribution in [3.63, 3.8) is 0 Å². The summed E-state index contributed by atoms with van der Waals surface area (Å²) >= 11 is 0. The fourth-order valence-electron chi connectivity index (χ4n) is 0.637. The number of tetrazole rings is 2. The highest BCUT2D eigenvalue weighted by Crippen LogP contribution is 2.03. The molecule has 0 unspecified atom stereocenters. The Morgan fingerprint density at radius 2 is 1.79 bits per heavy atom. The van der Waals surface area contributed by atoms with Gasteiger partial charge in [0.1, 0.15) is 0 Å². The molecule has 0 aliphatic heterocycles. The van der Waals surface area contributed by atoms with Crippen LogP contribution >= 0.6 is 0 Å². The summed E-state index contributed by atoms with van der Waals surface area (Å²) in [6, 6.07) is 0. The molecule has 12 heteroatoms. The Labute approximate surface area is 76.3 Å². The number of hydrogen-bond donors (Lipinski definition) is 3. The predicted molar refractivity (Wildman–Crippen MR) is 39.2 cm³/mol. The normalized spacial score (nSPS) is 11.4. The Balaban J connectivity index is 2.27. The number of nitrogens with zero attached hydrogens (tertiary/aromatic N) is 6. The van der Waals surface area contributed by atoms with Gasteiger partial charge in [-0.25, -0.2) is 4.72 Å². The zero-order chi connectivity index (χ0) is 10.0. The molecule has 14 heavy (non-hydrogen) atoms. The van der Waals surface area contributed by atoms with Gasteiger partial charge in [0.25, 0.3) is 5.95 Å². The van der Waals surface area contributed by atoms with Crippen LogP contribution in [0.25, 0.3) is 0 Å². The zero-order valence-electron chi connectivity index (χ0n) is 6.41. The van der Waals surface area contributed by atoms with E-state index in [4.69, 9.17) is 0 Å². The summed E-state index contributed by atoms with van der Waals surface area (Å²) in [6.07, 6.45) is 0. The van der Waals surface area contributed by atoms with Gasteiger partial charge in [0.05, 0.1) is 0 Å². The third-order valence-corrected chi connectivity index (χ3v) is 2.24. The van der Waals surface area contributed by atoms with Gasteiger partial charge in [-0.2, -0.15) is 18.8 Å². The lowest BCUT2D eigenvalue weighted by atomic mass is 11.2. The SMILES string of the molecule is O=S(=O)(Nc1nn[nH]n1)c1nn[nH]n1. The number of hydrogen-bond acceptors (Lipinski definition) is 8. The molecule has 0 radical (unpaired) electrons. The van der Waals surface area contributed by atoms with Crippen LogP contribution in [0, 0.1) is 0 Å². The largest absolute Gasteiger partial charge is 0.308 e. The molecule has 0 saturated heterocycles. The van der Waals surface area contributed by atoms with Gasteiger partial charge in [0, 0.05) is 0 Å². The van der Waals surface area contributed by atoms with Crippen molar-refractivity contribution in [2.24, 2.45) is 0 Å². The van der Waals surface area contributed by atoms with Crippen molar-refractivity contribution >= 4 is 16.0 Å². The molecule has 0 aromatic carbocycles. The first-order valence-electron chi connectivity index (χ1n) is 3.18. The van der Waals surface area contributed by atoms with E-state index < -0.39 is 15.2 Å². The third-order valence-electron chi connectivity index (χ3n) is 1.14. The molecule has 74 valence electrons. The van der Waals surface area contributed by atoms with Crippen molar-refractivity contribution < 1.29 is 8.42 Å². The molecule has 2 aromatic heterocycles. The molecule has 0 atom stereocenters. The highest BCUT2D eigenvalue weighted by molar-refractivity contribution is 7.92. The smallest absolute Gasteiger partial charge is 0.242 e. The minimum absolute atomic E-state index is 0.199. The van der Waals surface area contributed by atoms with Crippen LogP contribution in [0.15, 0.2) is 5.16 Å². The lowest BCUT2D eigenvalue weighted by Crippen LogP contribution is -2.15. The zero-order valence-corrected chi connectivity index (χ0v) is 7.22. The number of nitrogens with one attached hydrogen (secondary N) is 3. The Hall–Kier alpha value is -2.11. The summed E-state index contributed by atoms with van der Waals surface area (Å²) < 4.78 is 24.7. The van der Waals surface area contributed by atoms with Crippen LogP contribution in [-0.4, -0.2) is 49.7 Å². The van der Waals surface area contributed by atoms with Gasteiger partial charge in [-0.1, -0.05) is 10.2 Å². The molecule has 0 spiro atoms. The van der Waals surface area contributed by atoms with Crippen molar-refractivity contribution in [1.82, 2.24) is 41.2 Å². The molecule has 3 N–H and O–H groups in total. The molecule has 0 fully saturated rings. The number of rotatable bonds is 3. The van der Waals surface area contributed by atoms with Crippen molar-refractivity contribution in [3.05, 3.63) is 0 Å². The topological polar surface area (TPSA) is 155 Å². The third kappa shape index (κ3) is 1.49. The number of H-pyrrole nitrogens is 2. The van der Waals surface area contributed by atoms with Gasteiger partial charge in [-0.3, -0.25) is 0 Å². The highest BCUT2D eigenvalue weighted by atomic mass is 32.2. The fourth-order valence-corrected chi connectivity index (χ4v) is 1.36. The monoisotopic (exact) mass is 217 g/mol. The first-order valence-corrected chi connectivity index (χ1v) is 4.66. The summed E-state index contributed by atoms with van der Waals surface area (Å²) in [5.41, 5.74) is 0. The number of aromatic nitrogens is 8. The van der Waals surface area contributed by atoms with Crippen molar-refractivity contribution in [3.8, 4) is 0 Å². The van der Waals surface area contributed by atoms with E-state index >= 15 is 0 Å². The van der Waals surface area contributed by atoms with Gasteiger partial charge in [-0.15, -0.1) is 10.2 Å². The lowest BCUT2D eigenvalue weighted by molar-refractivity contribution is 0.592. The Morgan fingerprint density at radius 1 is 1.07 bits per heavy atom. The molecule has 0 aliphatic rings. The van der Waals surface area contributed by atoms with Crippen molar-refractivity contribution in [2.75, 3.05) is 4.72 Å². The van der Waals surface area contributed by atoms with Gasteiger partial charge in [0.15, 0.2) is 0 Å². The molecule has 0 bridgehead atoms. The molecule has 0 amide bonds. The average molecular weight is 217 g/mol. The molecule has 0 aliphatic carbocycles. The van der Waals surface area contributed by atoms with E-state index in [9.17, 15) is 8.42 Å². The van der Waals surface area contributed by atoms with Crippen LogP contribution in [0.1, 0.15) is 0 Å². The highest BCUT2D eigenvalue weighted by Gasteiger charge is 2.20. The van der Waals surface area contributed by atoms with Crippen LogP contribution in [-0.2, 0) is 10.0 Å².